The third kappa shape index (κ3) is 4.60. The number of anilines is 2. The van der Waals surface area contributed by atoms with E-state index >= 15 is 0 Å². The number of benzene rings is 3. The van der Waals surface area contributed by atoms with Gasteiger partial charge in [-0.1, -0.05) is 36.0 Å². The summed E-state index contributed by atoms with van der Waals surface area (Å²) in [5.74, 6) is 1.53. The van der Waals surface area contributed by atoms with Crippen LogP contribution in [-0.4, -0.2) is 75.1 Å². The minimum absolute atomic E-state index is 0.0761. The number of Topliss-reactive ketones (excluding diaryl/α,β-unsaturated/α-hetero) is 1. The summed E-state index contributed by atoms with van der Waals surface area (Å²) in [5, 5.41) is 0. The van der Waals surface area contributed by atoms with Crippen LogP contribution in [0.2, 0.25) is 0 Å². The Morgan fingerprint density at radius 2 is 1.46 bits per heavy atom. The van der Waals surface area contributed by atoms with Gasteiger partial charge in [-0.25, -0.2) is 0 Å². The average Bonchev–Trinajstić information content (AvgIpc) is 3.27. The molecule has 6 nitrogen and oxygen atoms in total. The lowest BCUT2D eigenvalue weighted by Crippen LogP contribution is -2.52. The molecule has 1 aliphatic carbocycles. The monoisotopic (exact) mass is 515 g/mol. The van der Waals surface area contributed by atoms with Gasteiger partial charge in [0.05, 0.1) is 31.6 Å². The molecule has 2 heterocycles. The number of carbonyl (C=O) groups is 1. The third-order valence-corrected chi connectivity index (χ3v) is 8.96. The number of nitrogens with zero attached hydrogens (tertiary/aromatic N) is 3. The predicted octanol–water partition coefficient (Wildman–Crippen LogP) is 5.12. The fraction of sp³-hybridized carbons (Fsp3) is 0.367. The molecular formula is C30H33N3O3S. The molecule has 1 saturated heterocycles. The molecule has 0 amide bonds. The molecule has 0 N–H and O–H groups in total. The van der Waals surface area contributed by atoms with Crippen LogP contribution < -0.4 is 14.4 Å². The van der Waals surface area contributed by atoms with Crippen LogP contribution >= 0.6 is 11.8 Å². The Kier molecular flexibility index (Phi) is 6.84. The van der Waals surface area contributed by atoms with Crippen molar-refractivity contribution in [2.45, 2.75) is 28.7 Å². The van der Waals surface area contributed by atoms with Crippen LogP contribution in [0.4, 0.5) is 11.4 Å². The molecule has 3 aromatic rings. The zero-order valence-electron chi connectivity index (χ0n) is 21.5. The van der Waals surface area contributed by atoms with Crippen LogP contribution in [0.1, 0.15) is 22.3 Å². The van der Waals surface area contributed by atoms with Crippen molar-refractivity contribution in [3.8, 4) is 11.5 Å². The summed E-state index contributed by atoms with van der Waals surface area (Å²) in [6.45, 7) is 5.89. The van der Waals surface area contributed by atoms with Crippen molar-refractivity contribution in [1.29, 1.82) is 0 Å². The van der Waals surface area contributed by atoms with Gasteiger partial charge < -0.3 is 19.3 Å². The van der Waals surface area contributed by atoms with Gasteiger partial charge in [-0.3, -0.25) is 9.69 Å². The van der Waals surface area contributed by atoms with E-state index in [1.54, 1.807) is 14.2 Å². The maximum Gasteiger partial charge on any atom is 0.180 e. The second-order valence-corrected chi connectivity index (χ2v) is 11.0. The van der Waals surface area contributed by atoms with Gasteiger partial charge in [0.1, 0.15) is 0 Å². The first kappa shape index (κ1) is 24.3. The first-order valence-corrected chi connectivity index (χ1v) is 13.9. The maximum atomic E-state index is 13.2. The normalized spacial score (nSPS) is 19.4. The van der Waals surface area contributed by atoms with Crippen LogP contribution in [0.25, 0.3) is 0 Å². The van der Waals surface area contributed by atoms with Crippen molar-refractivity contribution in [3.05, 3.63) is 71.8 Å². The Balaban J connectivity index is 1.05. The van der Waals surface area contributed by atoms with Crippen LogP contribution in [0, 0.1) is 0 Å². The quantitative estimate of drug-likeness (QED) is 0.433. The van der Waals surface area contributed by atoms with E-state index in [0.717, 1.165) is 63.2 Å². The Hall–Kier alpha value is -3.00. The molecule has 3 aromatic carbocycles. The lowest BCUT2D eigenvalue weighted by atomic mass is 10.1. The molecule has 37 heavy (non-hydrogen) atoms. The molecule has 0 aromatic heterocycles. The molecule has 0 bridgehead atoms. The standard InChI is InChI=1S/C30H33N3O3S/c1-35-26-19-21-18-25(30(34)22(21)20-27(26)36-2)32-16-14-31(15-17-32)12-7-13-33-23-8-3-5-10-28(23)37-29-11-6-4-9-24(29)33/h3-6,8-11,19-20,25H,7,12-18H2,1-2H3. The number of hydrogen-bond acceptors (Lipinski definition) is 7. The Bertz CT molecular complexity index is 1260. The number of methoxy groups -OCH3 is 2. The van der Waals surface area contributed by atoms with Gasteiger partial charge in [0.15, 0.2) is 17.3 Å². The van der Waals surface area contributed by atoms with E-state index in [0.29, 0.717) is 11.5 Å². The number of rotatable bonds is 7. The summed E-state index contributed by atoms with van der Waals surface area (Å²) >= 11 is 1.86. The SMILES string of the molecule is COc1cc2c(cc1OC)C(=O)C(N1CCN(CCCN3c4ccccc4Sc4ccccc43)CC1)C2. The van der Waals surface area contributed by atoms with E-state index in [9.17, 15) is 4.79 Å². The van der Waals surface area contributed by atoms with Crippen molar-refractivity contribution in [3.63, 3.8) is 0 Å². The molecule has 1 unspecified atom stereocenters. The van der Waals surface area contributed by atoms with Crippen molar-refractivity contribution >= 4 is 28.9 Å². The van der Waals surface area contributed by atoms with Gasteiger partial charge in [-0.15, -0.1) is 0 Å². The van der Waals surface area contributed by atoms with Crippen molar-refractivity contribution in [1.82, 2.24) is 9.80 Å². The number of para-hydroxylation sites is 2. The summed E-state index contributed by atoms with van der Waals surface area (Å²) < 4.78 is 10.9. The lowest BCUT2D eigenvalue weighted by molar-refractivity contribution is 0.0695. The highest BCUT2D eigenvalue weighted by molar-refractivity contribution is 7.99. The fourth-order valence-corrected chi connectivity index (χ4v) is 6.96. The molecule has 0 radical (unpaired) electrons. The Morgan fingerprint density at radius 3 is 2.11 bits per heavy atom. The number of piperazine rings is 1. The van der Waals surface area contributed by atoms with E-state index in [1.165, 1.54) is 21.2 Å². The Morgan fingerprint density at radius 1 is 0.838 bits per heavy atom. The van der Waals surface area contributed by atoms with Gasteiger partial charge in [-0.05, 0) is 61.3 Å². The number of carbonyl (C=O) groups excluding carboxylic acids is 1. The molecule has 7 heteroatoms. The van der Waals surface area contributed by atoms with Gasteiger partial charge in [-0.2, -0.15) is 0 Å². The number of ether oxygens (including phenoxy) is 2. The topological polar surface area (TPSA) is 45.3 Å². The largest absolute Gasteiger partial charge is 0.493 e. The summed E-state index contributed by atoms with van der Waals surface area (Å²) in [6, 6.07) is 21.2. The number of ketones is 1. The van der Waals surface area contributed by atoms with Gasteiger partial charge in [0.25, 0.3) is 0 Å². The van der Waals surface area contributed by atoms with Crippen LogP contribution in [0.3, 0.4) is 0 Å². The number of hydrogen-bond donors (Lipinski definition) is 0. The molecule has 3 aliphatic rings. The van der Waals surface area contributed by atoms with Crippen LogP contribution in [0.5, 0.6) is 11.5 Å². The minimum atomic E-state index is -0.0761. The van der Waals surface area contributed by atoms with Crippen LogP contribution in [0.15, 0.2) is 70.5 Å². The molecule has 0 saturated carbocycles. The van der Waals surface area contributed by atoms with Gasteiger partial charge in [0.2, 0.25) is 0 Å². The molecule has 1 atom stereocenters. The third-order valence-electron chi connectivity index (χ3n) is 7.83. The zero-order valence-corrected chi connectivity index (χ0v) is 22.3. The highest BCUT2D eigenvalue weighted by Gasteiger charge is 2.37. The van der Waals surface area contributed by atoms with Crippen molar-refractivity contribution in [2.75, 3.05) is 58.4 Å². The highest BCUT2D eigenvalue weighted by atomic mass is 32.2. The molecule has 1 fully saturated rings. The maximum absolute atomic E-state index is 13.2. The summed E-state index contributed by atoms with van der Waals surface area (Å²) in [6.07, 6.45) is 1.85. The van der Waals surface area contributed by atoms with E-state index in [-0.39, 0.29) is 11.8 Å². The van der Waals surface area contributed by atoms with Crippen molar-refractivity contribution < 1.29 is 14.3 Å². The number of fused-ring (bicyclic) bond motifs is 3. The first-order chi connectivity index (χ1) is 18.2. The van der Waals surface area contributed by atoms with E-state index in [1.807, 2.05) is 23.9 Å². The molecule has 6 rings (SSSR count). The first-order valence-electron chi connectivity index (χ1n) is 13.0. The van der Waals surface area contributed by atoms with Gasteiger partial charge >= 0.3 is 0 Å². The Labute approximate surface area is 223 Å². The lowest BCUT2D eigenvalue weighted by Gasteiger charge is -2.38. The minimum Gasteiger partial charge on any atom is -0.493 e. The second-order valence-electron chi connectivity index (χ2n) is 9.87. The molecular weight excluding hydrogens is 482 g/mol. The zero-order chi connectivity index (χ0) is 25.4. The fourth-order valence-electron chi connectivity index (χ4n) is 5.87. The predicted molar refractivity (Wildman–Crippen MR) is 148 cm³/mol. The smallest absolute Gasteiger partial charge is 0.180 e. The summed E-state index contributed by atoms with van der Waals surface area (Å²) in [5.41, 5.74) is 4.47. The van der Waals surface area contributed by atoms with Gasteiger partial charge in [0, 0.05) is 48.1 Å². The summed E-state index contributed by atoms with van der Waals surface area (Å²) in [4.78, 5) is 23.3. The van der Waals surface area contributed by atoms with E-state index in [2.05, 4.69) is 63.2 Å². The average molecular weight is 516 g/mol. The van der Waals surface area contributed by atoms with E-state index in [4.69, 9.17) is 9.47 Å². The summed E-state index contributed by atoms with van der Waals surface area (Å²) in [7, 11) is 3.25. The molecule has 0 spiro atoms. The molecule has 2 aliphatic heterocycles. The second kappa shape index (κ2) is 10.4. The van der Waals surface area contributed by atoms with Crippen molar-refractivity contribution in [2.24, 2.45) is 0 Å². The molecule has 192 valence electrons. The highest BCUT2D eigenvalue weighted by Crippen LogP contribution is 2.47. The van der Waals surface area contributed by atoms with E-state index < -0.39 is 0 Å². The van der Waals surface area contributed by atoms with Crippen LogP contribution in [-0.2, 0) is 6.42 Å².